The normalized spacial score (nSPS) is 18.1. The Hall–Kier alpha value is -1.35. The first-order chi connectivity index (χ1) is 9.58. The average molecular weight is 274 g/mol. The van der Waals surface area contributed by atoms with Crippen LogP contribution < -0.4 is 5.32 Å². The molecule has 0 unspecified atom stereocenters. The standard InChI is InChI=1S/C17H26N2O/c1-13(2)11-18-17(20)12-19(3)16-10-6-8-14-7-4-5-9-15(14)16/h4-5,7,9,13,16H,6,8,10-12H2,1-3H3,(H,18,20)/t16-/m1/s1. The Bertz CT molecular complexity index is 456. The van der Waals surface area contributed by atoms with Crippen LogP contribution in [-0.2, 0) is 11.2 Å². The lowest BCUT2D eigenvalue weighted by atomic mass is 9.87. The molecule has 2 rings (SSSR count). The van der Waals surface area contributed by atoms with E-state index in [1.54, 1.807) is 0 Å². The maximum absolute atomic E-state index is 12.0. The molecule has 1 atom stereocenters. The van der Waals surface area contributed by atoms with Crippen molar-refractivity contribution in [2.24, 2.45) is 5.92 Å². The molecule has 0 saturated heterocycles. The van der Waals surface area contributed by atoms with Crippen LogP contribution in [-0.4, -0.2) is 30.9 Å². The van der Waals surface area contributed by atoms with E-state index in [0.717, 1.165) is 13.0 Å². The summed E-state index contributed by atoms with van der Waals surface area (Å²) in [7, 11) is 2.06. The Balaban J connectivity index is 1.96. The molecule has 0 saturated carbocycles. The van der Waals surface area contributed by atoms with Crippen LogP contribution in [0.15, 0.2) is 24.3 Å². The summed E-state index contributed by atoms with van der Waals surface area (Å²) >= 11 is 0. The van der Waals surface area contributed by atoms with E-state index in [0.29, 0.717) is 18.5 Å². The number of hydrogen-bond acceptors (Lipinski definition) is 2. The third-order valence-electron chi connectivity index (χ3n) is 3.97. The number of amides is 1. The first kappa shape index (κ1) is 15.0. The summed E-state index contributed by atoms with van der Waals surface area (Å²) in [6, 6.07) is 9.01. The van der Waals surface area contributed by atoms with Gasteiger partial charge < -0.3 is 5.32 Å². The third-order valence-corrected chi connectivity index (χ3v) is 3.97. The lowest BCUT2D eigenvalue weighted by Crippen LogP contribution is -2.39. The minimum absolute atomic E-state index is 0.129. The van der Waals surface area contributed by atoms with Crippen LogP contribution >= 0.6 is 0 Å². The highest BCUT2D eigenvalue weighted by Crippen LogP contribution is 2.33. The summed E-state index contributed by atoms with van der Waals surface area (Å²) in [5.41, 5.74) is 2.84. The summed E-state index contributed by atoms with van der Waals surface area (Å²) in [5, 5.41) is 3.00. The summed E-state index contributed by atoms with van der Waals surface area (Å²) in [5.74, 6) is 0.629. The second-order valence-corrected chi connectivity index (χ2v) is 6.22. The van der Waals surface area contributed by atoms with Gasteiger partial charge in [-0.3, -0.25) is 9.69 Å². The van der Waals surface area contributed by atoms with Crippen LogP contribution in [0.2, 0.25) is 0 Å². The van der Waals surface area contributed by atoms with Crippen molar-refractivity contribution >= 4 is 5.91 Å². The molecule has 110 valence electrons. The van der Waals surface area contributed by atoms with Gasteiger partial charge in [-0.1, -0.05) is 38.1 Å². The van der Waals surface area contributed by atoms with E-state index in [2.05, 4.69) is 55.4 Å². The van der Waals surface area contributed by atoms with Gasteiger partial charge in [0.2, 0.25) is 5.91 Å². The Labute approximate surface area is 122 Å². The Kier molecular flexibility index (Phi) is 5.18. The number of carbonyl (C=O) groups excluding carboxylic acids is 1. The number of nitrogens with one attached hydrogen (secondary N) is 1. The molecule has 0 aliphatic heterocycles. The van der Waals surface area contributed by atoms with Gasteiger partial charge in [0.25, 0.3) is 0 Å². The summed E-state index contributed by atoms with van der Waals surface area (Å²) in [4.78, 5) is 14.1. The molecule has 1 N–H and O–H groups in total. The average Bonchev–Trinajstić information content (AvgIpc) is 2.44. The van der Waals surface area contributed by atoms with Gasteiger partial charge in [-0.15, -0.1) is 0 Å². The number of fused-ring (bicyclic) bond motifs is 1. The van der Waals surface area contributed by atoms with E-state index < -0.39 is 0 Å². The molecule has 3 nitrogen and oxygen atoms in total. The molecule has 0 radical (unpaired) electrons. The zero-order valence-electron chi connectivity index (χ0n) is 12.9. The van der Waals surface area contributed by atoms with Crippen LogP contribution in [0.4, 0.5) is 0 Å². The van der Waals surface area contributed by atoms with Crippen molar-refractivity contribution in [1.29, 1.82) is 0 Å². The number of nitrogens with zero attached hydrogens (tertiary/aromatic N) is 1. The summed E-state index contributed by atoms with van der Waals surface area (Å²) < 4.78 is 0. The van der Waals surface area contributed by atoms with Crippen LogP contribution in [0.25, 0.3) is 0 Å². The topological polar surface area (TPSA) is 32.3 Å². The molecule has 0 spiro atoms. The van der Waals surface area contributed by atoms with E-state index >= 15 is 0 Å². The largest absolute Gasteiger partial charge is 0.355 e. The monoisotopic (exact) mass is 274 g/mol. The zero-order chi connectivity index (χ0) is 14.5. The van der Waals surface area contributed by atoms with Gasteiger partial charge >= 0.3 is 0 Å². The minimum Gasteiger partial charge on any atom is -0.355 e. The zero-order valence-corrected chi connectivity index (χ0v) is 12.9. The van der Waals surface area contributed by atoms with Crippen LogP contribution in [0.3, 0.4) is 0 Å². The van der Waals surface area contributed by atoms with Gasteiger partial charge in [-0.05, 0) is 43.4 Å². The molecule has 1 amide bonds. The molecule has 1 aliphatic carbocycles. The SMILES string of the molecule is CC(C)CNC(=O)CN(C)[C@@H]1CCCc2ccccc21. The van der Waals surface area contributed by atoms with Gasteiger partial charge in [0.05, 0.1) is 6.54 Å². The second kappa shape index (κ2) is 6.89. The van der Waals surface area contributed by atoms with Gasteiger partial charge in [-0.2, -0.15) is 0 Å². The highest BCUT2D eigenvalue weighted by atomic mass is 16.2. The number of likely N-dealkylation sites (N-methyl/N-ethyl adjacent to an activating group) is 1. The van der Waals surface area contributed by atoms with Crippen molar-refractivity contribution in [3.05, 3.63) is 35.4 Å². The van der Waals surface area contributed by atoms with Crippen LogP contribution in [0, 0.1) is 5.92 Å². The molecule has 1 aromatic rings. The molecule has 0 aromatic heterocycles. The Morgan fingerprint density at radius 1 is 1.40 bits per heavy atom. The minimum atomic E-state index is 0.129. The van der Waals surface area contributed by atoms with Crippen molar-refractivity contribution in [3.63, 3.8) is 0 Å². The van der Waals surface area contributed by atoms with E-state index in [1.165, 1.54) is 24.0 Å². The lowest BCUT2D eigenvalue weighted by molar-refractivity contribution is -0.122. The predicted octanol–water partition coefficient (Wildman–Crippen LogP) is 2.77. The highest BCUT2D eigenvalue weighted by molar-refractivity contribution is 5.78. The van der Waals surface area contributed by atoms with Crippen molar-refractivity contribution in [2.75, 3.05) is 20.1 Å². The Morgan fingerprint density at radius 2 is 2.15 bits per heavy atom. The predicted molar refractivity (Wildman–Crippen MR) is 82.6 cm³/mol. The van der Waals surface area contributed by atoms with Gasteiger partial charge in [0.1, 0.15) is 0 Å². The fourth-order valence-electron chi connectivity index (χ4n) is 2.90. The first-order valence-corrected chi connectivity index (χ1v) is 7.62. The fraction of sp³-hybridized carbons (Fsp3) is 0.588. The number of carbonyl (C=O) groups is 1. The number of benzene rings is 1. The fourth-order valence-corrected chi connectivity index (χ4v) is 2.90. The molecule has 20 heavy (non-hydrogen) atoms. The smallest absolute Gasteiger partial charge is 0.234 e. The van der Waals surface area contributed by atoms with Crippen molar-refractivity contribution in [3.8, 4) is 0 Å². The number of aryl methyl sites for hydroxylation is 1. The highest BCUT2D eigenvalue weighted by Gasteiger charge is 2.24. The summed E-state index contributed by atoms with van der Waals surface area (Å²) in [6.45, 7) is 5.46. The molecular weight excluding hydrogens is 248 g/mol. The van der Waals surface area contributed by atoms with Gasteiger partial charge in [-0.25, -0.2) is 0 Å². The van der Waals surface area contributed by atoms with Gasteiger partial charge in [0, 0.05) is 12.6 Å². The quantitative estimate of drug-likeness (QED) is 0.895. The molecule has 1 aliphatic rings. The van der Waals surface area contributed by atoms with E-state index in [-0.39, 0.29) is 5.91 Å². The van der Waals surface area contributed by atoms with Crippen LogP contribution in [0.1, 0.15) is 43.9 Å². The van der Waals surface area contributed by atoms with Crippen LogP contribution in [0.5, 0.6) is 0 Å². The van der Waals surface area contributed by atoms with Crippen molar-refractivity contribution in [2.45, 2.75) is 39.2 Å². The molecule has 0 bridgehead atoms. The lowest BCUT2D eigenvalue weighted by Gasteiger charge is -2.33. The molecule has 0 heterocycles. The Morgan fingerprint density at radius 3 is 2.90 bits per heavy atom. The maximum Gasteiger partial charge on any atom is 0.234 e. The van der Waals surface area contributed by atoms with Gasteiger partial charge in [0.15, 0.2) is 0 Å². The molecular formula is C17H26N2O. The number of rotatable bonds is 5. The second-order valence-electron chi connectivity index (χ2n) is 6.22. The number of hydrogen-bond donors (Lipinski definition) is 1. The summed E-state index contributed by atoms with van der Waals surface area (Å²) in [6.07, 6.45) is 3.52. The van der Waals surface area contributed by atoms with E-state index in [4.69, 9.17) is 0 Å². The van der Waals surface area contributed by atoms with Crippen molar-refractivity contribution in [1.82, 2.24) is 10.2 Å². The van der Waals surface area contributed by atoms with E-state index in [9.17, 15) is 4.79 Å². The molecule has 3 heteroatoms. The first-order valence-electron chi connectivity index (χ1n) is 7.62. The third kappa shape index (κ3) is 3.83. The maximum atomic E-state index is 12.0. The van der Waals surface area contributed by atoms with Crippen molar-refractivity contribution < 1.29 is 4.79 Å². The van der Waals surface area contributed by atoms with E-state index in [1.807, 2.05) is 0 Å². The molecule has 1 aromatic carbocycles. The molecule has 0 fully saturated rings.